The molecule has 0 aromatic heterocycles. The Hall–Kier alpha value is -0.160. The van der Waals surface area contributed by atoms with E-state index in [0.29, 0.717) is 6.04 Å². The summed E-state index contributed by atoms with van der Waals surface area (Å²) in [5.41, 5.74) is 3.52. The van der Waals surface area contributed by atoms with Gasteiger partial charge in [0.25, 0.3) is 0 Å². The fourth-order valence-corrected chi connectivity index (χ4v) is 1.83. The lowest BCUT2D eigenvalue weighted by Gasteiger charge is -2.34. The van der Waals surface area contributed by atoms with Crippen LogP contribution in [0.4, 0.5) is 0 Å². The van der Waals surface area contributed by atoms with Gasteiger partial charge in [0.05, 0.1) is 6.61 Å². The molecular weight excluding hydrogens is 166 g/mol. The van der Waals surface area contributed by atoms with Crippen LogP contribution < -0.4 is 5.43 Å². The number of hydrazine groups is 1. The van der Waals surface area contributed by atoms with Crippen LogP contribution in [-0.2, 0) is 4.74 Å². The van der Waals surface area contributed by atoms with E-state index < -0.39 is 0 Å². The number of likely N-dealkylation sites (N-methyl/N-ethyl adjacent to an activating group) is 1. The van der Waals surface area contributed by atoms with Crippen molar-refractivity contribution in [3.63, 3.8) is 0 Å². The molecule has 0 aromatic carbocycles. The highest BCUT2D eigenvalue weighted by molar-refractivity contribution is 4.73. The number of nitrogens with one attached hydrogen (secondary N) is 1. The van der Waals surface area contributed by atoms with Crippen molar-refractivity contribution < 1.29 is 4.74 Å². The number of nitrogens with zero attached hydrogens (tertiary/aromatic N) is 2. The van der Waals surface area contributed by atoms with E-state index >= 15 is 0 Å². The quantitative estimate of drug-likeness (QED) is 0.629. The molecule has 0 aromatic rings. The highest BCUT2D eigenvalue weighted by atomic mass is 16.5. The van der Waals surface area contributed by atoms with Crippen molar-refractivity contribution in [2.45, 2.75) is 12.5 Å². The number of ether oxygens (including phenoxy) is 1. The van der Waals surface area contributed by atoms with E-state index in [2.05, 4.69) is 22.4 Å². The van der Waals surface area contributed by atoms with Gasteiger partial charge in [-0.05, 0) is 13.5 Å². The van der Waals surface area contributed by atoms with Crippen LogP contribution in [-0.4, -0.2) is 62.4 Å². The minimum atomic E-state index is 0.559. The molecule has 2 fully saturated rings. The van der Waals surface area contributed by atoms with Crippen LogP contribution in [0.5, 0.6) is 0 Å². The summed E-state index contributed by atoms with van der Waals surface area (Å²) in [6.07, 6.45) is 1.16. The molecule has 2 heterocycles. The molecule has 2 rings (SSSR count). The predicted octanol–water partition coefficient (Wildman–Crippen LogP) is -0.473. The van der Waals surface area contributed by atoms with Gasteiger partial charge in [0.1, 0.15) is 0 Å². The first-order valence-corrected chi connectivity index (χ1v) is 5.12. The summed E-state index contributed by atoms with van der Waals surface area (Å²) in [7, 11) is 2.18. The van der Waals surface area contributed by atoms with Crippen molar-refractivity contribution in [3.05, 3.63) is 0 Å². The third-order valence-corrected chi connectivity index (χ3v) is 2.80. The predicted molar refractivity (Wildman–Crippen MR) is 51.4 cm³/mol. The normalized spacial score (nSPS) is 32.5. The molecule has 2 aliphatic heterocycles. The first kappa shape index (κ1) is 9.40. The molecule has 1 unspecified atom stereocenters. The lowest BCUT2D eigenvalue weighted by atomic mass is 10.3. The minimum Gasteiger partial charge on any atom is -0.380 e. The van der Waals surface area contributed by atoms with Gasteiger partial charge in [-0.3, -0.25) is 0 Å². The van der Waals surface area contributed by atoms with Crippen LogP contribution in [0.1, 0.15) is 6.42 Å². The van der Waals surface area contributed by atoms with Crippen LogP contribution in [0.2, 0.25) is 0 Å². The third-order valence-electron chi connectivity index (χ3n) is 2.80. The summed E-state index contributed by atoms with van der Waals surface area (Å²) in [6, 6.07) is 0.559. The van der Waals surface area contributed by atoms with Crippen molar-refractivity contribution >= 4 is 0 Å². The standard InChI is InChI=1S/C9H19N3O/c1-11-3-5-12(6-4-11)10-9-2-7-13-8-9/h9-10H,2-8H2,1H3. The zero-order chi connectivity index (χ0) is 9.10. The Labute approximate surface area is 79.8 Å². The largest absolute Gasteiger partial charge is 0.380 e. The molecule has 1 atom stereocenters. The van der Waals surface area contributed by atoms with Crippen molar-refractivity contribution in [2.24, 2.45) is 0 Å². The average Bonchev–Trinajstić information content (AvgIpc) is 2.62. The van der Waals surface area contributed by atoms with Gasteiger partial charge in [-0.25, -0.2) is 10.4 Å². The Morgan fingerprint density at radius 1 is 1.23 bits per heavy atom. The van der Waals surface area contributed by atoms with E-state index in [1.807, 2.05) is 0 Å². The maximum atomic E-state index is 5.32. The zero-order valence-corrected chi connectivity index (χ0v) is 8.33. The van der Waals surface area contributed by atoms with Crippen molar-refractivity contribution in [1.82, 2.24) is 15.3 Å². The molecule has 13 heavy (non-hydrogen) atoms. The molecule has 0 aliphatic carbocycles. The molecule has 2 saturated heterocycles. The molecule has 0 radical (unpaired) electrons. The summed E-state index contributed by atoms with van der Waals surface area (Å²) in [5.74, 6) is 0. The van der Waals surface area contributed by atoms with Gasteiger partial charge >= 0.3 is 0 Å². The number of piperazine rings is 1. The molecule has 0 spiro atoms. The lowest BCUT2D eigenvalue weighted by Crippen LogP contribution is -2.53. The van der Waals surface area contributed by atoms with Gasteiger partial charge in [0, 0.05) is 38.8 Å². The second-order valence-electron chi connectivity index (χ2n) is 3.98. The van der Waals surface area contributed by atoms with E-state index in [4.69, 9.17) is 4.74 Å². The molecule has 0 bridgehead atoms. The first-order valence-electron chi connectivity index (χ1n) is 5.12. The molecule has 0 saturated carbocycles. The maximum Gasteiger partial charge on any atom is 0.0634 e. The molecule has 1 N–H and O–H groups in total. The van der Waals surface area contributed by atoms with E-state index in [1.165, 1.54) is 13.1 Å². The maximum absolute atomic E-state index is 5.32. The number of rotatable bonds is 2. The van der Waals surface area contributed by atoms with Gasteiger partial charge in [-0.15, -0.1) is 0 Å². The summed E-state index contributed by atoms with van der Waals surface area (Å²) in [6.45, 7) is 6.40. The molecule has 4 heteroatoms. The van der Waals surface area contributed by atoms with Gasteiger partial charge < -0.3 is 9.64 Å². The Balaban J connectivity index is 1.69. The van der Waals surface area contributed by atoms with Crippen LogP contribution in [0.25, 0.3) is 0 Å². The average molecular weight is 185 g/mol. The topological polar surface area (TPSA) is 27.7 Å². The second kappa shape index (κ2) is 4.37. The smallest absolute Gasteiger partial charge is 0.0634 e. The van der Waals surface area contributed by atoms with Crippen molar-refractivity contribution in [1.29, 1.82) is 0 Å². The van der Waals surface area contributed by atoms with Crippen LogP contribution in [0.3, 0.4) is 0 Å². The Morgan fingerprint density at radius 3 is 2.62 bits per heavy atom. The van der Waals surface area contributed by atoms with Crippen LogP contribution in [0.15, 0.2) is 0 Å². The minimum absolute atomic E-state index is 0.559. The number of hydrogen-bond donors (Lipinski definition) is 1. The fraction of sp³-hybridized carbons (Fsp3) is 1.00. The summed E-state index contributed by atoms with van der Waals surface area (Å²) >= 11 is 0. The third kappa shape index (κ3) is 2.64. The molecule has 4 nitrogen and oxygen atoms in total. The summed E-state index contributed by atoms with van der Waals surface area (Å²) in [4.78, 5) is 2.36. The van der Waals surface area contributed by atoms with Gasteiger partial charge in [-0.2, -0.15) is 0 Å². The van der Waals surface area contributed by atoms with E-state index in [-0.39, 0.29) is 0 Å². The summed E-state index contributed by atoms with van der Waals surface area (Å²) in [5, 5.41) is 2.33. The molecular formula is C9H19N3O. The van der Waals surface area contributed by atoms with E-state index in [0.717, 1.165) is 32.7 Å². The fourth-order valence-electron chi connectivity index (χ4n) is 1.83. The highest BCUT2D eigenvalue weighted by Gasteiger charge is 2.20. The lowest BCUT2D eigenvalue weighted by molar-refractivity contribution is 0.0814. The monoisotopic (exact) mass is 185 g/mol. The summed E-state index contributed by atoms with van der Waals surface area (Å²) < 4.78 is 5.32. The zero-order valence-electron chi connectivity index (χ0n) is 8.33. The molecule has 2 aliphatic rings. The second-order valence-corrected chi connectivity index (χ2v) is 3.98. The molecule has 0 amide bonds. The van der Waals surface area contributed by atoms with Gasteiger partial charge in [0.15, 0.2) is 0 Å². The Kier molecular flexibility index (Phi) is 3.16. The molecule has 76 valence electrons. The van der Waals surface area contributed by atoms with E-state index in [1.54, 1.807) is 0 Å². The first-order chi connectivity index (χ1) is 6.34. The van der Waals surface area contributed by atoms with Crippen molar-refractivity contribution in [3.8, 4) is 0 Å². The van der Waals surface area contributed by atoms with E-state index in [9.17, 15) is 0 Å². The van der Waals surface area contributed by atoms with Crippen LogP contribution >= 0.6 is 0 Å². The Bertz CT molecular complexity index is 151. The SMILES string of the molecule is CN1CCN(NC2CCOC2)CC1. The van der Waals surface area contributed by atoms with Gasteiger partial charge in [0.2, 0.25) is 0 Å². The number of hydrogen-bond acceptors (Lipinski definition) is 4. The van der Waals surface area contributed by atoms with Crippen molar-refractivity contribution in [2.75, 3.05) is 46.4 Å². The van der Waals surface area contributed by atoms with Crippen LogP contribution in [0, 0.1) is 0 Å². The van der Waals surface area contributed by atoms with Gasteiger partial charge in [-0.1, -0.05) is 0 Å². The Morgan fingerprint density at radius 2 is 2.00 bits per heavy atom. The highest BCUT2D eigenvalue weighted by Crippen LogP contribution is 2.05.